The third kappa shape index (κ3) is 6.06. The average molecular weight is 530 g/mol. The molecule has 0 saturated carbocycles. The van der Waals surface area contributed by atoms with Gasteiger partial charge in [-0.2, -0.15) is 13.2 Å². The maximum Gasteiger partial charge on any atom is 0.416 e. The van der Waals surface area contributed by atoms with Crippen LogP contribution < -0.4 is 0 Å². The first-order valence-electron chi connectivity index (χ1n) is 11.9. The number of rotatable bonds is 8. The summed E-state index contributed by atoms with van der Waals surface area (Å²) in [6.07, 6.45) is -0.447. The highest BCUT2D eigenvalue weighted by atomic mass is 32.2. The van der Waals surface area contributed by atoms with Crippen molar-refractivity contribution >= 4 is 11.8 Å². The van der Waals surface area contributed by atoms with Crippen molar-refractivity contribution in [2.24, 2.45) is 7.05 Å². The summed E-state index contributed by atoms with van der Waals surface area (Å²) >= 11 is 1.65. The van der Waals surface area contributed by atoms with Gasteiger partial charge in [-0.1, -0.05) is 36.0 Å². The van der Waals surface area contributed by atoms with E-state index in [1.54, 1.807) is 24.2 Å². The molecule has 5 rings (SSSR count). The molecule has 1 aliphatic heterocycles. The quantitative estimate of drug-likeness (QED) is 0.214. The molecule has 0 unspecified atom stereocenters. The number of aromatic nitrogens is 4. The molecule has 7 nitrogen and oxygen atoms in total. The standard InChI is InChI=1S/C26H26F3N5O2S/c1-33-23(19-3-5-20(6-4-19)24-30-11-14-36-24)31-32-25(33)37-16-2-12-34-13-15-35-22(17-34)18-7-9-21(10-8-18)26(27,28)29/h3-11,14,22H,2,12-13,15-17H2,1H3/t22-/m0/s1. The lowest BCUT2D eigenvalue weighted by Gasteiger charge is -2.33. The molecule has 2 aromatic carbocycles. The Kier molecular flexibility index (Phi) is 7.63. The lowest BCUT2D eigenvalue weighted by atomic mass is 10.1. The Morgan fingerprint density at radius 2 is 1.78 bits per heavy atom. The number of halogens is 3. The van der Waals surface area contributed by atoms with Gasteiger partial charge in [0.1, 0.15) is 6.26 Å². The SMILES string of the molecule is Cn1c(SCCCN2CCO[C@H](c3ccc(C(F)(F)F)cc3)C2)nnc1-c1ccc(-c2ncco2)cc1. The lowest BCUT2D eigenvalue weighted by Crippen LogP contribution is -2.39. The topological polar surface area (TPSA) is 69.2 Å². The summed E-state index contributed by atoms with van der Waals surface area (Å²) in [5.74, 6) is 2.23. The summed E-state index contributed by atoms with van der Waals surface area (Å²) in [5.41, 5.74) is 1.98. The summed E-state index contributed by atoms with van der Waals surface area (Å²) in [4.78, 5) is 6.46. The highest BCUT2D eigenvalue weighted by Gasteiger charge is 2.30. The molecular formula is C26H26F3N5O2S. The predicted molar refractivity (Wildman–Crippen MR) is 134 cm³/mol. The number of nitrogens with zero attached hydrogens (tertiary/aromatic N) is 5. The van der Waals surface area contributed by atoms with E-state index in [9.17, 15) is 13.2 Å². The van der Waals surface area contributed by atoms with Crippen molar-refractivity contribution in [2.75, 3.05) is 32.0 Å². The second-order valence-corrected chi connectivity index (χ2v) is 9.82. The van der Waals surface area contributed by atoms with E-state index < -0.39 is 11.7 Å². The summed E-state index contributed by atoms with van der Waals surface area (Å²) in [7, 11) is 1.95. The molecule has 3 heterocycles. The van der Waals surface area contributed by atoms with Crippen LogP contribution in [0.5, 0.6) is 0 Å². The van der Waals surface area contributed by atoms with E-state index in [1.807, 2.05) is 35.9 Å². The van der Waals surface area contributed by atoms with Gasteiger partial charge >= 0.3 is 6.18 Å². The van der Waals surface area contributed by atoms with Gasteiger partial charge in [0.05, 0.1) is 24.5 Å². The van der Waals surface area contributed by atoms with Crippen LogP contribution in [-0.2, 0) is 18.0 Å². The monoisotopic (exact) mass is 529 g/mol. The fourth-order valence-electron chi connectivity index (χ4n) is 4.27. The number of hydrogen-bond donors (Lipinski definition) is 0. The van der Waals surface area contributed by atoms with Gasteiger partial charge in [0.25, 0.3) is 0 Å². The van der Waals surface area contributed by atoms with Crippen LogP contribution in [0.1, 0.15) is 23.7 Å². The fraction of sp³-hybridized carbons (Fsp3) is 0.346. The van der Waals surface area contributed by atoms with E-state index in [0.717, 1.165) is 65.1 Å². The van der Waals surface area contributed by atoms with Crippen LogP contribution in [0.3, 0.4) is 0 Å². The Labute approximate surface area is 216 Å². The van der Waals surface area contributed by atoms with Crippen molar-refractivity contribution < 1.29 is 22.3 Å². The molecule has 0 bridgehead atoms. The number of alkyl halides is 3. The zero-order valence-corrected chi connectivity index (χ0v) is 21.0. The maximum atomic E-state index is 12.8. The van der Waals surface area contributed by atoms with Crippen molar-refractivity contribution in [3.63, 3.8) is 0 Å². The average Bonchev–Trinajstić information content (AvgIpc) is 3.57. The number of benzene rings is 2. The van der Waals surface area contributed by atoms with Gasteiger partial charge in [0.2, 0.25) is 5.89 Å². The minimum Gasteiger partial charge on any atom is -0.445 e. The summed E-state index contributed by atoms with van der Waals surface area (Å²) in [5, 5.41) is 9.57. The predicted octanol–water partition coefficient (Wildman–Crippen LogP) is 5.71. The van der Waals surface area contributed by atoms with Crippen molar-refractivity contribution in [1.82, 2.24) is 24.6 Å². The number of morpholine rings is 1. The molecule has 1 fully saturated rings. The van der Waals surface area contributed by atoms with E-state index >= 15 is 0 Å². The third-order valence-electron chi connectivity index (χ3n) is 6.27. The highest BCUT2D eigenvalue weighted by molar-refractivity contribution is 7.99. The van der Waals surface area contributed by atoms with Crippen LogP contribution in [-0.4, -0.2) is 56.6 Å². The fourth-order valence-corrected chi connectivity index (χ4v) is 5.10. The van der Waals surface area contributed by atoms with Gasteiger partial charge in [-0.15, -0.1) is 10.2 Å². The van der Waals surface area contributed by atoms with E-state index in [0.29, 0.717) is 19.0 Å². The zero-order chi connectivity index (χ0) is 25.8. The van der Waals surface area contributed by atoms with Crippen molar-refractivity contribution in [2.45, 2.75) is 23.9 Å². The van der Waals surface area contributed by atoms with Gasteiger partial charge in [-0.3, -0.25) is 4.90 Å². The maximum absolute atomic E-state index is 12.8. The highest BCUT2D eigenvalue weighted by Crippen LogP contribution is 2.31. The minimum absolute atomic E-state index is 0.222. The molecule has 1 aliphatic rings. The molecule has 1 saturated heterocycles. The Morgan fingerprint density at radius 3 is 2.49 bits per heavy atom. The number of thioether (sulfide) groups is 1. The molecule has 0 N–H and O–H groups in total. The first-order chi connectivity index (χ1) is 17.9. The normalized spacial score (nSPS) is 16.8. The van der Waals surface area contributed by atoms with Crippen LogP contribution in [0.15, 0.2) is 70.6 Å². The largest absolute Gasteiger partial charge is 0.445 e. The number of ether oxygens (including phenoxy) is 1. The Balaban J connectivity index is 1.11. The molecular weight excluding hydrogens is 503 g/mol. The molecule has 0 radical (unpaired) electrons. The molecule has 37 heavy (non-hydrogen) atoms. The van der Waals surface area contributed by atoms with E-state index in [2.05, 4.69) is 20.1 Å². The Hall–Kier alpha value is -3.15. The molecule has 11 heteroatoms. The molecule has 0 aliphatic carbocycles. The smallest absolute Gasteiger partial charge is 0.416 e. The first-order valence-corrected chi connectivity index (χ1v) is 12.9. The molecule has 1 atom stereocenters. The third-order valence-corrected chi connectivity index (χ3v) is 7.37. The van der Waals surface area contributed by atoms with Crippen LogP contribution in [0.4, 0.5) is 13.2 Å². The van der Waals surface area contributed by atoms with Crippen LogP contribution in [0.2, 0.25) is 0 Å². The first kappa shape index (κ1) is 25.5. The molecule has 194 valence electrons. The van der Waals surface area contributed by atoms with Gasteiger partial charge < -0.3 is 13.7 Å². The van der Waals surface area contributed by atoms with E-state index in [1.165, 1.54) is 12.1 Å². The summed E-state index contributed by atoms with van der Waals surface area (Å²) in [6.45, 7) is 2.90. The van der Waals surface area contributed by atoms with Crippen LogP contribution in [0, 0.1) is 0 Å². The van der Waals surface area contributed by atoms with Crippen molar-refractivity contribution in [3.8, 4) is 22.8 Å². The van der Waals surface area contributed by atoms with Gasteiger partial charge in [-0.05, 0) is 42.8 Å². The van der Waals surface area contributed by atoms with Gasteiger partial charge in [0, 0.05) is 37.0 Å². The zero-order valence-electron chi connectivity index (χ0n) is 20.2. The van der Waals surface area contributed by atoms with E-state index in [-0.39, 0.29) is 6.10 Å². The lowest BCUT2D eigenvalue weighted by molar-refractivity contribution is -0.137. The van der Waals surface area contributed by atoms with Crippen LogP contribution in [0.25, 0.3) is 22.8 Å². The minimum atomic E-state index is -4.33. The molecule has 0 amide bonds. The number of oxazole rings is 1. The van der Waals surface area contributed by atoms with Gasteiger partial charge in [-0.25, -0.2) is 4.98 Å². The molecule has 2 aromatic heterocycles. The second kappa shape index (κ2) is 11.1. The van der Waals surface area contributed by atoms with Gasteiger partial charge in [0.15, 0.2) is 11.0 Å². The van der Waals surface area contributed by atoms with Crippen LogP contribution >= 0.6 is 11.8 Å². The summed E-state index contributed by atoms with van der Waals surface area (Å²) < 4.78 is 51.7. The Morgan fingerprint density at radius 1 is 1.03 bits per heavy atom. The van der Waals surface area contributed by atoms with E-state index in [4.69, 9.17) is 9.15 Å². The van der Waals surface area contributed by atoms with Crippen molar-refractivity contribution in [1.29, 1.82) is 0 Å². The summed E-state index contributed by atoms with van der Waals surface area (Å²) in [6, 6.07) is 13.1. The molecule has 4 aromatic rings. The number of hydrogen-bond acceptors (Lipinski definition) is 7. The second-order valence-electron chi connectivity index (χ2n) is 8.76. The van der Waals surface area contributed by atoms with Crippen molar-refractivity contribution in [3.05, 3.63) is 72.1 Å². The Bertz CT molecular complexity index is 1290. The molecule has 0 spiro atoms.